The highest BCUT2D eigenvalue weighted by atomic mass is 32.2. The third-order valence-corrected chi connectivity index (χ3v) is 4.30. The minimum atomic E-state index is -3.10. The summed E-state index contributed by atoms with van der Waals surface area (Å²) in [6.45, 7) is 12.9. The van der Waals surface area contributed by atoms with Gasteiger partial charge in [0, 0.05) is 13.1 Å². The minimum Gasteiger partial charge on any atom is -0.212 e. The van der Waals surface area contributed by atoms with E-state index in [0.29, 0.717) is 24.9 Å². The molecule has 4 heteroatoms. The minimum absolute atomic E-state index is 0.324. The van der Waals surface area contributed by atoms with Gasteiger partial charge in [-0.3, -0.25) is 0 Å². The molecule has 0 radical (unpaired) electrons. The highest BCUT2D eigenvalue weighted by Crippen LogP contribution is 2.13. The van der Waals surface area contributed by atoms with E-state index in [0.717, 1.165) is 0 Å². The lowest BCUT2D eigenvalue weighted by Gasteiger charge is -2.27. The maximum Gasteiger partial charge on any atom is 0.216 e. The van der Waals surface area contributed by atoms with Crippen LogP contribution < -0.4 is 0 Å². The maximum absolute atomic E-state index is 12.0. The third kappa shape index (κ3) is 4.98. The van der Waals surface area contributed by atoms with E-state index in [4.69, 9.17) is 0 Å². The molecular weight excluding hydrogens is 210 g/mol. The number of nitrogens with zero attached hydrogens (tertiary/aromatic N) is 1. The first-order valence-corrected chi connectivity index (χ1v) is 7.17. The molecule has 0 atom stereocenters. The summed E-state index contributed by atoms with van der Waals surface area (Å²) in [5, 5.41) is -0.324. The smallest absolute Gasteiger partial charge is 0.212 e. The van der Waals surface area contributed by atoms with Crippen LogP contribution in [-0.4, -0.2) is 31.1 Å². The summed E-state index contributed by atoms with van der Waals surface area (Å²) >= 11 is 0. The fourth-order valence-electron chi connectivity index (χ4n) is 1.40. The average Bonchev–Trinajstić information content (AvgIpc) is 2.00. The van der Waals surface area contributed by atoms with Crippen molar-refractivity contribution in [1.82, 2.24) is 4.31 Å². The van der Waals surface area contributed by atoms with Crippen molar-refractivity contribution in [2.75, 3.05) is 13.1 Å². The zero-order chi connectivity index (χ0) is 12.2. The second kappa shape index (κ2) is 5.85. The molecule has 0 aromatic rings. The van der Waals surface area contributed by atoms with Gasteiger partial charge in [0.2, 0.25) is 10.0 Å². The van der Waals surface area contributed by atoms with Crippen LogP contribution in [0.15, 0.2) is 0 Å². The molecule has 0 aliphatic carbocycles. The molecule has 0 amide bonds. The molecule has 0 bridgehead atoms. The van der Waals surface area contributed by atoms with Crippen LogP contribution in [0.1, 0.15) is 41.5 Å². The number of hydrogen-bond acceptors (Lipinski definition) is 2. The van der Waals surface area contributed by atoms with E-state index in [1.165, 1.54) is 0 Å². The Labute approximate surface area is 94.9 Å². The SMILES string of the molecule is CC(C)CN(CC(C)C)S(=O)(=O)C(C)C. The van der Waals surface area contributed by atoms with Crippen molar-refractivity contribution in [3.63, 3.8) is 0 Å². The van der Waals surface area contributed by atoms with Crippen molar-refractivity contribution in [2.45, 2.75) is 46.8 Å². The Hall–Kier alpha value is -0.0900. The zero-order valence-electron chi connectivity index (χ0n) is 10.8. The molecule has 15 heavy (non-hydrogen) atoms. The van der Waals surface area contributed by atoms with Gasteiger partial charge in [0.05, 0.1) is 5.25 Å². The monoisotopic (exact) mass is 235 g/mol. The van der Waals surface area contributed by atoms with Gasteiger partial charge >= 0.3 is 0 Å². The van der Waals surface area contributed by atoms with Crippen LogP contribution >= 0.6 is 0 Å². The van der Waals surface area contributed by atoms with Crippen LogP contribution in [0.25, 0.3) is 0 Å². The molecule has 0 N–H and O–H groups in total. The summed E-state index contributed by atoms with van der Waals surface area (Å²) < 4.78 is 25.7. The first-order valence-electron chi connectivity index (χ1n) is 5.66. The molecule has 0 fully saturated rings. The van der Waals surface area contributed by atoms with E-state index >= 15 is 0 Å². The Kier molecular flexibility index (Phi) is 5.81. The van der Waals surface area contributed by atoms with Gasteiger partial charge in [-0.2, -0.15) is 0 Å². The van der Waals surface area contributed by atoms with E-state index < -0.39 is 10.0 Å². The van der Waals surface area contributed by atoms with Crippen molar-refractivity contribution in [1.29, 1.82) is 0 Å². The lowest BCUT2D eigenvalue weighted by Crippen LogP contribution is -2.40. The maximum atomic E-state index is 12.0. The van der Waals surface area contributed by atoms with Crippen molar-refractivity contribution >= 4 is 10.0 Å². The average molecular weight is 235 g/mol. The Morgan fingerprint density at radius 3 is 1.40 bits per heavy atom. The Bertz CT molecular complexity index is 258. The molecule has 0 aromatic carbocycles. The highest BCUT2D eigenvalue weighted by molar-refractivity contribution is 7.89. The van der Waals surface area contributed by atoms with Gasteiger partial charge in [-0.1, -0.05) is 27.7 Å². The molecule has 3 nitrogen and oxygen atoms in total. The quantitative estimate of drug-likeness (QED) is 0.708. The summed E-state index contributed by atoms with van der Waals surface area (Å²) in [6.07, 6.45) is 0. The lowest BCUT2D eigenvalue weighted by atomic mass is 10.2. The third-order valence-electron chi connectivity index (χ3n) is 2.09. The molecule has 0 aromatic heterocycles. The molecule has 0 rings (SSSR count). The molecule has 0 spiro atoms. The molecule has 0 aliphatic heterocycles. The Morgan fingerprint density at radius 2 is 1.20 bits per heavy atom. The van der Waals surface area contributed by atoms with Crippen LogP contribution in [0.2, 0.25) is 0 Å². The number of sulfonamides is 1. The summed E-state index contributed by atoms with van der Waals surface area (Å²) in [6, 6.07) is 0. The predicted molar refractivity (Wildman–Crippen MR) is 65.3 cm³/mol. The van der Waals surface area contributed by atoms with Gasteiger partial charge in [0.25, 0.3) is 0 Å². The van der Waals surface area contributed by atoms with E-state index in [1.54, 1.807) is 18.2 Å². The summed E-state index contributed by atoms with van der Waals surface area (Å²) in [5.74, 6) is 0.745. The highest BCUT2D eigenvalue weighted by Gasteiger charge is 2.26. The molecule has 0 saturated heterocycles. The first-order chi connectivity index (χ1) is 6.67. The standard InChI is InChI=1S/C11H25NO2S/c1-9(2)7-12(8-10(3)4)15(13,14)11(5)6/h9-11H,7-8H2,1-6H3. The van der Waals surface area contributed by atoms with Crippen molar-refractivity contribution in [3.05, 3.63) is 0 Å². The summed E-state index contributed by atoms with van der Waals surface area (Å²) in [7, 11) is -3.10. The molecule has 0 aliphatic rings. The molecular formula is C11H25NO2S. The molecule has 0 saturated carbocycles. The fourth-order valence-corrected chi connectivity index (χ4v) is 3.00. The Balaban J connectivity index is 4.77. The van der Waals surface area contributed by atoms with Crippen LogP contribution in [0.5, 0.6) is 0 Å². The normalized spacial score (nSPS) is 13.5. The fraction of sp³-hybridized carbons (Fsp3) is 1.00. The summed E-state index contributed by atoms with van der Waals surface area (Å²) in [5.41, 5.74) is 0. The van der Waals surface area contributed by atoms with E-state index in [-0.39, 0.29) is 5.25 Å². The topological polar surface area (TPSA) is 37.4 Å². The van der Waals surface area contributed by atoms with Crippen LogP contribution in [0, 0.1) is 11.8 Å². The van der Waals surface area contributed by atoms with Gasteiger partial charge in [-0.25, -0.2) is 12.7 Å². The van der Waals surface area contributed by atoms with Crippen LogP contribution in [-0.2, 0) is 10.0 Å². The number of hydrogen-bond donors (Lipinski definition) is 0. The van der Waals surface area contributed by atoms with Gasteiger partial charge in [-0.15, -0.1) is 0 Å². The van der Waals surface area contributed by atoms with Gasteiger partial charge in [0.1, 0.15) is 0 Å². The van der Waals surface area contributed by atoms with Crippen molar-refractivity contribution in [3.8, 4) is 0 Å². The van der Waals surface area contributed by atoms with E-state index in [1.807, 2.05) is 27.7 Å². The van der Waals surface area contributed by atoms with E-state index in [9.17, 15) is 8.42 Å². The Morgan fingerprint density at radius 1 is 0.867 bits per heavy atom. The van der Waals surface area contributed by atoms with Gasteiger partial charge in [0.15, 0.2) is 0 Å². The largest absolute Gasteiger partial charge is 0.216 e. The first kappa shape index (κ1) is 14.9. The van der Waals surface area contributed by atoms with E-state index in [2.05, 4.69) is 0 Å². The lowest BCUT2D eigenvalue weighted by molar-refractivity contribution is 0.331. The van der Waals surface area contributed by atoms with Crippen molar-refractivity contribution in [2.24, 2.45) is 11.8 Å². The zero-order valence-corrected chi connectivity index (χ0v) is 11.6. The second-order valence-electron chi connectivity index (χ2n) is 5.20. The van der Waals surface area contributed by atoms with Crippen LogP contribution in [0.4, 0.5) is 0 Å². The van der Waals surface area contributed by atoms with Gasteiger partial charge < -0.3 is 0 Å². The number of rotatable bonds is 6. The van der Waals surface area contributed by atoms with Gasteiger partial charge in [-0.05, 0) is 25.7 Å². The van der Waals surface area contributed by atoms with Crippen LogP contribution in [0.3, 0.4) is 0 Å². The van der Waals surface area contributed by atoms with Crippen molar-refractivity contribution < 1.29 is 8.42 Å². The molecule has 92 valence electrons. The predicted octanol–water partition coefficient (Wildman–Crippen LogP) is 2.34. The molecule has 0 heterocycles. The molecule has 0 unspecified atom stereocenters. The summed E-state index contributed by atoms with van der Waals surface area (Å²) in [4.78, 5) is 0. The second-order valence-corrected chi connectivity index (χ2v) is 7.69.